The predicted octanol–water partition coefficient (Wildman–Crippen LogP) is 1.41. The van der Waals surface area contributed by atoms with Crippen LogP contribution in [-0.4, -0.2) is 31.7 Å². The van der Waals surface area contributed by atoms with Gasteiger partial charge in [0.15, 0.2) is 0 Å². The van der Waals surface area contributed by atoms with Gasteiger partial charge in [0.25, 0.3) is 0 Å². The van der Waals surface area contributed by atoms with Gasteiger partial charge in [0.2, 0.25) is 5.91 Å². The van der Waals surface area contributed by atoms with Crippen LogP contribution in [0.2, 0.25) is 0 Å². The fourth-order valence-electron chi connectivity index (χ4n) is 2.74. The molecule has 1 aromatic rings. The Morgan fingerprint density at radius 3 is 2.79 bits per heavy atom. The zero-order valence-electron chi connectivity index (χ0n) is 11.3. The molecule has 2 rings (SSSR count). The number of rotatable bonds is 5. The van der Waals surface area contributed by atoms with Gasteiger partial charge in [-0.05, 0) is 24.8 Å². The molecular weight excluding hydrogens is 240 g/mol. The van der Waals surface area contributed by atoms with Crippen LogP contribution in [0.25, 0.3) is 0 Å². The van der Waals surface area contributed by atoms with Crippen molar-refractivity contribution >= 4 is 5.91 Å². The maximum Gasteiger partial charge on any atom is 0.229 e. The van der Waals surface area contributed by atoms with Crippen LogP contribution in [0.15, 0.2) is 30.3 Å². The first-order valence-electron chi connectivity index (χ1n) is 6.84. The molecule has 0 aromatic heterocycles. The van der Waals surface area contributed by atoms with E-state index in [0.29, 0.717) is 6.54 Å². The summed E-state index contributed by atoms with van der Waals surface area (Å²) in [6.07, 6.45) is 3.23. The summed E-state index contributed by atoms with van der Waals surface area (Å²) < 4.78 is 5.40. The van der Waals surface area contributed by atoms with Crippen LogP contribution in [0.1, 0.15) is 30.7 Å². The molecule has 0 bridgehead atoms. The number of ether oxygens (including phenoxy) is 1. The van der Waals surface area contributed by atoms with E-state index in [1.54, 1.807) is 7.11 Å². The van der Waals surface area contributed by atoms with Gasteiger partial charge in [0.05, 0.1) is 18.1 Å². The summed E-state index contributed by atoms with van der Waals surface area (Å²) in [6.45, 7) is 0.320. The summed E-state index contributed by atoms with van der Waals surface area (Å²) in [5.41, 5.74) is 6.72. The van der Waals surface area contributed by atoms with Crippen molar-refractivity contribution in [2.75, 3.05) is 13.7 Å². The Hall–Kier alpha value is -1.39. The molecule has 1 amide bonds. The van der Waals surface area contributed by atoms with Crippen LogP contribution in [0.4, 0.5) is 0 Å². The van der Waals surface area contributed by atoms with E-state index >= 15 is 0 Å². The molecule has 1 saturated carbocycles. The lowest BCUT2D eigenvalue weighted by atomic mass is 9.98. The number of nitrogens with two attached hydrogens (primary N) is 1. The molecule has 0 spiro atoms. The number of amides is 1. The van der Waals surface area contributed by atoms with Crippen molar-refractivity contribution < 1.29 is 9.53 Å². The van der Waals surface area contributed by atoms with Crippen molar-refractivity contribution in [3.05, 3.63) is 35.9 Å². The number of carbonyl (C=O) groups excluding carboxylic acids is 1. The van der Waals surface area contributed by atoms with Crippen LogP contribution < -0.4 is 11.1 Å². The van der Waals surface area contributed by atoms with E-state index in [9.17, 15) is 4.79 Å². The number of benzene rings is 1. The highest BCUT2D eigenvalue weighted by molar-refractivity contribution is 5.84. The van der Waals surface area contributed by atoms with E-state index < -0.39 is 0 Å². The molecule has 1 aromatic carbocycles. The van der Waals surface area contributed by atoms with Gasteiger partial charge >= 0.3 is 0 Å². The summed E-state index contributed by atoms with van der Waals surface area (Å²) in [5.74, 6) is -0.276. The molecule has 4 heteroatoms. The van der Waals surface area contributed by atoms with Crippen LogP contribution in [0.3, 0.4) is 0 Å². The number of carbonyl (C=O) groups is 1. The highest BCUT2D eigenvalue weighted by Gasteiger charge is 2.30. The molecule has 3 unspecified atom stereocenters. The fraction of sp³-hybridized carbons (Fsp3) is 0.533. The summed E-state index contributed by atoms with van der Waals surface area (Å²) >= 11 is 0. The van der Waals surface area contributed by atoms with E-state index in [1.807, 2.05) is 30.3 Å². The summed E-state index contributed by atoms with van der Waals surface area (Å²) in [5, 5.41) is 3.09. The van der Waals surface area contributed by atoms with E-state index in [-0.39, 0.29) is 24.0 Å². The molecule has 1 aliphatic rings. The summed E-state index contributed by atoms with van der Waals surface area (Å²) in [6, 6.07) is 9.80. The van der Waals surface area contributed by atoms with Gasteiger partial charge in [0.1, 0.15) is 0 Å². The van der Waals surface area contributed by atoms with E-state index in [4.69, 9.17) is 10.5 Å². The molecule has 3 atom stereocenters. The lowest BCUT2D eigenvalue weighted by Gasteiger charge is -2.23. The first kappa shape index (κ1) is 14.0. The van der Waals surface area contributed by atoms with Gasteiger partial charge in [-0.3, -0.25) is 4.79 Å². The smallest absolute Gasteiger partial charge is 0.229 e. The van der Waals surface area contributed by atoms with Gasteiger partial charge in [-0.1, -0.05) is 30.3 Å². The summed E-state index contributed by atoms with van der Waals surface area (Å²) in [4.78, 5) is 12.3. The van der Waals surface area contributed by atoms with Gasteiger partial charge in [-0.15, -0.1) is 0 Å². The maximum atomic E-state index is 12.3. The Bertz CT molecular complexity index is 408. The zero-order chi connectivity index (χ0) is 13.7. The zero-order valence-corrected chi connectivity index (χ0v) is 11.3. The minimum absolute atomic E-state index is 0.00245. The second-order valence-electron chi connectivity index (χ2n) is 5.02. The van der Waals surface area contributed by atoms with Crippen LogP contribution in [0.5, 0.6) is 0 Å². The van der Waals surface area contributed by atoms with Crippen molar-refractivity contribution in [3.8, 4) is 0 Å². The molecular formula is C15H22N2O2. The third kappa shape index (κ3) is 3.33. The molecule has 0 aliphatic heterocycles. The average Bonchev–Trinajstić information content (AvgIpc) is 2.88. The van der Waals surface area contributed by atoms with Crippen molar-refractivity contribution in [2.45, 2.75) is 37.3 Å². The number of nitrogens with one attached hydrogen (secondary N) is 1. The molecule has 1 fully saturated rings. The Kier molecular flexibility index (Phi) is 4.93. The van der Waals surface area contributed by atoms with Crippen molar-refractivity contribution in [2.24, 2.45) is 5.73 Å². The largest absolute Gasteiger partial charge is 0.379 e. The van der Waals surface area contributed by atoms with Gasteiger partial charge in [-0.2, -0.15) is 0 Å². The second kappa shape index (κ2) is 6.68. The average molecular weight is 262 g/mol. The normalized spacial score (nSPS) is 24.1. The van der Waals surface area contributed by atoms with Crippen molar-refractivity contribution in [1.29, 1.82) is 0 Å². The monoisotopic (exact) mass is 262 g/mol. The number of methoxy groups -OCH3 is 1. The van der Waals surface area contributed by atoms with E-state index in [0.717, 1.165) is 24.8 Å². The first-order valence-corrected chi connectivity index (χ1v) is 6.84. The Morgan fingerprint density at radius 1 is 1.42 bits per heavy atom. The van der Waals surface area contributed by atoms with Crippen molar-refractivity contribution in [3.63, 3.8) is 0 Å². The minimum Gasteiger partial charge on any atom is -0.379 e. The predicted molar refractivity (Wildman–Crippen MR) is 74.8 cm³/mol. The Labute approximate surface area is 114 Å². The lowest BCUT2D eigenvalue weighted by Crippen LogP contribution is -2.44. The molecule has 19 heavy (non-hydrogen) atoms. The van der Waals surface area contributed by atoms with Gasteiger partial charge < -0.3 is 15.8 Å². The standard InChI is InChI=1S/C15H22N2O2/c1-19-14-9-5-8-13(14)17-15(18)12(10-16)11-6-3-2-4-7-11/h2-4,6-7,12-14H,5,8-10,16H2,1H3,(H,17,18). The lowest BCUT2D eigenvalue weighted by molar-refractivity contribution is -0.123. The third-order valence-electron chi connectivity index (χ3n) is 3.84. The SMILES string of the molecule is COC1CCCC1NC(=O)C(CN)c1ccccc1. The van der Waals surface area contributed by atoms with Crippen LogP contribution >= 0.6 is 0 Å². The maximum absolute atomic E-state index is 12.3. The molecule has 104 valence electrons. The van der Waals surface area contributed by atoms with Crippen molar-refractivity contribution in [1.82, 2.24) is 5.32 Å². The Balaban J connectivity index is 2.01. The molecule has 1 aliphatic carbocycles. The minimum atomic E-state index is -0.278. The van der Waals surface area contributed by atoms with E-state index in [1.165, 1.54) is 0 Å². The second-order valence-corrected chi connectivity index (χ2v) is 5.02. The molecule has 0 radical (unpaired) electrons. The third-order valence-corrected chi connectivity index (χ3v) is 3.84. The fourth-order valence-corrected chi connectivity index (χ4v) is 2.74. The first-order chi connectivity index (χ1) is 9.26. The van der Waals surface area contributed by atoms with Crippen LogP contribution in [-0.2, 0) is 9.53 Å². The highest BCUT2D eigenvalue weighted by atomic mass is 16.5. The number of hydrogen-bond donors (Lipinski definition) is 2. The molecule has 3 N–H and O–H groups in total. The quantitative estimate of drug-likeness (QED) is 0.843. The topological polar surface area (TPSA) is 64.3 Å². The number of hydrogen-bond acceptors (Lipinski definition) is 3. The molecule has 0 saturated heterocycles. The molecule has 0 heterocycles. The van der Waals surface area contributed by atoms with E-state index in [2.05, 4.69) is 5.32 Å². The van der Waals surface area contributed by atoms with Gasteiger partial charge in [-0.25, -0.2) is 0 Å². The molecule has 4 nitrogen and oxygen atoms in total. The van der Waals surface area contributed by atoms with Gasteiger partial charge in [0, 0.05) is 13.7 Å². The van der Waals surface area contributed by atoms with Crippen LogP contribution in [0, 0.1) is 0 Å². The highest BCUT2D eigenvalue weighted by Crippen LogP contribution is 2.23. The Morgan fingerprint density at radius 2 is 2.16 bits per heavy atom. The summed E-state index contributed by atoms with van der Waals surface area (Å²) in [7, 11) is 1.70.